The molecule has 4 aromatic rings. The molecule has 1 aliphatic carbocycles. The number of imidazole rings is 1. The molecule has 0 bridgehead atoms. The summed E-state index contributed by atoms with van der Waals surface area (Å²) in [5.41, 5.74) is 11.1. The van der Waals surface area contributed by atoms with Gasteiger partial charge in [-0.2, -0.15) is 5.10 Å². The summed E-state index contributed by atoms with van der Waals surface area (Å²) in [7, 11) is 1.90. The second kappa shape index (κ2) is 6.88. The number of nitrogens with two attached hydrogens (primary N) is 1. The number of hydrogen-bond acceptors (Lipinski definition) is 3. The number of benzene rings is 1. The zero-order chi connectivity index (χ0) is 20.8. The Kier molecular flexibility index (Phi) is 4.17. The number of primary amides is 1. The van der Waals surface area contributed by atoms with Crippen LogP contribution in [0.4, 0.5) is 0 Å². The fourth-order valence-electron chi connectivity index (χ4n) is 4.11. The number of aryl methyl sites for hydroxylation is 2. The molecule has 1 aromatic carbocycles. The van der Waals surface area contributed by atoms with Gasteiger partial charge in [0.1, 0.15) is 0 Å². The molecule has 0 unspecified atom stereocenters. The second-order valence-corrected chi connectivity index (χ2v) is 7.61. The van der Waals surface area contributed by atoms with Gasteiger partial charge in [-0.1, -0.05) is 6.08 Å². The van der Waals surface area contributed by atoms with E-state index in [0.717, 1.165) is 40.7 Å². The Hall–Kier alpha value is -3.87. The van der Waals surface area contributed by atoms with E-state index < -0.39 is 5.91 Å². The van der Waals surface area contributed by atoms with Gasteiger partial charge in [-0.25, -0.2) is 4.98 Å². The maximum Gasteiger partial charge on any atom is 0.248 e. The normalized spacial score (nSPS) is 13.2. The summed E-state index contributed by atoms with van der Waals surface area (Å²) >= 11 is 0. The Labute approximate surface area is 173 Å². The Morgan fingerprint density at radius 1 is 1.20 bits per heavy atom. The number of rotatable bonds is 4. The number of carbonyl (C=O) groups is 1. The number of fused-ring (bicyclic) bond motifs is 1. The SMILES string of the molecule is Cc1cc(C(N)=O)ccc1-n1ccc2c1=CCCC=2n1cnc(-c2cnn(C)c2)c1. The molecular formula is C23H22N6O. The quantitative estimate of drug-likeness (QED) is 0.568. The molecule has 0 aliphatic heterocycles. The standard InChI is InChI=1S/C23H22N6O/c1-15-10-16(23(24)30)6-7-20(15)29-9-8-18-21(4-3-5-22(18)29)28-13-19(25-14-28)17-11-26-27(2)12-17/h5-14H,3-4H2,1-2H3,(H2,24,30). The Balaban J connectivity index is 1.61. The minimum Gasteiger partial charge on any atom is -0.366 e. The van der Waals surface area contributed by atoms with Crippen LogP contribution < -0.4 is 16.3 Å². The molecule has 0 saturated heterocycles. The monoisotopic (exact) mass is 398 g/mol. The molecule has 2 N–H and O–H groups in total. The molecule has 1 aliphatic rings. The average Bonchev–Trinajstić information content (AvgIpc) is 3.46. The smallest absolute Gasteiger partial charge is 0.248 e. The van der Waals surface area contributed by atoms with Crippen LogP contribution >= 0.6 is 0 Å². The van der Waals surface area contributed by atoms with Crippen molar-refractivity contribution in [1.29, 1.82) is 0 Å². The van der Waals surface area contributed by atoms with E-state index in [1.54, 1.807) is 10.7 Å². The van der Waals surface area contributed by atoms with Crippen molar-refractivity contribution in [1.82, 2.24) is 23.9 Å². The third-order valence-corrected chi connectivity index (χ3v) is 5.59. The van der Waals surface area contributed by atoms with Crippen LogP contribution in [0, 0.1) is 6.92 Å². The number of carbonyl (C=O) groups excluding carboxylic acids is 1. The molecule has 0 radical (unpaired) electrons. The van der Waals surface area contributed by atoms with E-state index in [1.165, 1.54) is 10.9 Å². The number of nitrogens with zero attached hydrogens (tertiary/aromatic N) is 5. The van der Waals surface area contributed by atoms with Gasteiger partial charge >= 0.3 is 0 Å². The lowest BCUT2D eigenvalue weighted by Crippen LogP contribution is -2.34. The maximum atomic E-state index is 11.5. The van der Waals surface area contributed by atoms with E-state index in [0.29, 0.717) is 5.56 Å². The molecule has 0 spiro atoms. The van der Waals surface area contributed by atoms with Gasteiger partial charge in [-0.05, 0) is 49.6 Å². The first-order chi connectivity index (χ1) is 14.5. The highest BCUT2D eigenvalue weighted by atomic mass is 16.1. The number of hydrogen-bond donors (Lipinski definition) is 1. The van der Waals surface area contributed by atoms with Crippen molar-refractivity contribution in [3.8, 4) is 16.9 Å². The minimum absolute atomic E-state index is 0.411. The summed E-state index contributed by atoms with van der Waals surface area (Å²) in [6.07, 6.45) is 14.0. The van der Waals surface area contributed by atoms with Crippen LogP contribution in [0.1, 0.15) is 28.8 Å². The van der Waals surface area contributed by atoms with Crippen molar-refractivity contribution in [2.45, 2.75) is 19.8 Å². The van der Waals surface area contributed by atoms with E-state index in [2.05, 4.69) is 43.8 Å². The predicted molar refractivity (Wildman–Crippen MR) is 115 cm³/mol. The summed E-state index contributed by atoms with van der Waals surface area (Å²) in [4.78, 5) is 16.1. The van der Waals surface area contributed by atoms with Crippen LogP contribution in [0.15, 0.2) is 55.4 Å². The van der Waals surface area contributed by atoms with E-state index in [-0.39, 0.29) is 0 Å². The van der Waals surface area contributed by atoms with E-state index >= 15 is 0 Å². The largest absolute Gasteiger partial charge is 0.366 e. The van der Waals surface area contributed by atoms with Crippen molar-refractivity contribution in [3.63, 3.8) is 0 Å². The summed E-state index contributed by atoms with van der Waals surface area (Å²) in [6, 6.07) is 7.72. The topological polar surface area (TPSA) is 83.7 Å². The second-order valence-electron chi connectivity index (χ2n) is 7.61. The van der Waals surface area contributed by atoms with Crippen LogP contribution in [0.3, 0.4) is 0 Å². The molecule has 30 heavy (non-hydrogen) atoms. The highest BCUT2D eigenvalue weighted by molar-refractivity contribution is 5.93. The fourth-order valence-corrected chi connectivity index (χ4v) is 4.11. The van der Waals surface area contributed by atoms with Gasteiger partial charge in [0.15, 0.2) is 0 Å². The first-order valence-corrected chi connectivity index (χ1v) is 9.86. The van der Waals surface area contributed by atoms with Gasteiger partial charge < -0.3 is 14.9 Å². The molecule has 5 rings (SSSR count). The molecule has 0 atom stereocenters. The molecule has 150 valence electrons. The van der Waals surface area contributed by atoms with Crippen LogP contribution in [0.2, 0.25) is 0 Å². The predicted octanol–water partition coefficient (Wildman–Crippen LogP) is 1.71. The van der Waals surface area contributed by atoms with Gasteiger partial charge in [0.25, 0.3) is 0 Å². The lowest BCUT2D eigenvalue weighted by atomic mass is 10.1. The Morgan fingerprint density at radius 2 is 2.07 bits per heavy atom. The zero-order valence-corrected chi connectivity index (χ0v) is 16.9. The van der Waals surface area contributed by atoms with E-state index in [1.807, 2.05) is 44.8 Å². The summed E-state index contributed by atoms with van der Waals surface area (Å²) in [5.74, 6) is -0.411. The van der Waals surface area contributed by atoms with Gasteiger partial charge in [-0.3, -0.25) is 9.48 Å². The Bertz CT molecular complexity index is 1400. The van der Waals surface area contributed by atoms with Crippen LogP contribution in [0.25, 0.3) is 28.7 Å². The first kappa shape index (κ1) is 18.2. The van der Waals surface area contributed by atoms with Crippen molar-refractivity contribution >= 4 is 17.7 Å². The summed E-state index contributed by atoms with van der Waals surface area (Å²) in [5, 5.41) is 6.58. The van der Waals surface area contributed by atoms with Crippen molar-refractivity contribution in [3.05, 3.63) is 77.1 Å². The van der Waals surface area contributed by atoms with Gasteiger partial charge in [0.2, 0.25) is 5.91 Å². The minimum atomic E-state index is -0.411. The zero-order valence-electron chi connectivity index (χ0n) is 16.9. The lowest BCUT2D eigenvalue weighted by molar-refractivity contribution is 0.1000. The molecule has 3 aromatic heterocycles. The third-order valence-electron chi connectivity index (χ3n) is 5.59. The number of amides is 1. The fraction of sp³-hybridized carbons (Fsp3) is 0.174. The average molecular weight is 398 g/mol. The first-order valence-electron chi connectivity index (χ1n) is 9.86. The van der Waals surface area contributed by atoms with Gasteiger partial charge in [-0.15, -0.1) is 0 Å². The maximum absolute atomic E-state index is 11.5. The van der Waals surface area contributed by atoms with E-state index in [9.17, 15) is 4.79 Å². The molecule has 1 amide bonds. The van der Waals surface area contributed by atoms with Crippen LogP contribution in [-0.4, -0.2) is 29.8 Å². The number of aromatic nitrogens is 5. The van der Waals surface area contributed by atoms with Crippen LogP contribution in [0.5, 0.6) is 0 Å². The van der Waals surface area contributed by atoms with Crippen molar-refractivity contribution in [2.75, 3.05) is 0 Å². The van der Waals surface area contributed by atoms with Crippen LogP contribution in [-0.2, 0) is 7.05 Å². The molecular weight excluding hydrogens is 376 g/mol. The molecule has 0 fully saturated rings. The highest BCUT2D eigenvalue weighted by Crippen LogP contribution is 2.20. The summed E-state index contributed by atoms with van der Waals surface area (Å²) in [6.45, 7) is 2.00. The molecule has 7 heteroatoms. The Morgan fingerprint density at radius 3 is 2.80 bits per heavy atom. The molecule has 3 heterocycles. The molecule has 0 saturated carbocycles. The van der Waals surface area contributed by atoms with Crippen molar-refractivity contribution < 1.29 is 4.79 Å². The van der Waals surface area contributed by atoms with Crippen molar-refractivity contribution in [2.24, 2.45) is 12.8 Å². The molecule has 7 nitrogen and oxygen atoms in total. The third kappa shape index (κ3) is 2.95. The highest BCUT2D eigenvalue weighted by Gasteiger charge is 2.14. The van der Waals surface area contributed by atoms with Gasteiger partial charge in [0, 0.05) is 53.4 Å². The summed E-state index contributed by atoms with van der Waals surface area (Å²) < 4.78 is 6.07. The van der Waals surface area contributed by atoms with Gasteiger partial charge in [0.05, 0.1) is 23.6 Å². The lowest BCUT2D eigenvalue weighted by Gasteiger charge is -2.13. The van der Waals surface area contributed by atoms with E-state index in [4.69, 9.17) is 5.73 Å².